The maximum Gasteiger partial charge on any atom is 0.412 e. The highest BCUT2D eigenvalue weighted by Crippen LogP contribution is 2.29. The zero-order valence-electron chi connectivity index (χ0n) is 14.2. The second kappa shape index (κ2) is 7.51. The minimum absolute atomic E-state index is 0.0683. The number of nitrogens with one attached hydrogen (secondary N) is 1. The lowest BCUT2D eigenvalue weighted by molar-refractivity contribution is 0.100. The van der Waals surface area contributed by atoms with Gasteiger partial charge >= 0.3 is 11.7 Å². The van der Waals surface area contributed by atoms with Gasteiger partial charge in [0.1, 0.15) is 22.6 Å². The Morgan fingerprint density at radius 3 is 2.27 bits per heavy atom. The van der Waals surface area contributed by atoms with E-state index in [-0.39, 0.29) is 17.0 Å². The van der Waals surface area contributed by atoms with Crippen molar-refractivity contribution < 1.29 is 29.0 Å². The Hall–Kier alpha value is -3.62. The summed E-state index contributed by atoms with van der Waals surface area (Å²) in [6, 6.07) is 6.02. The van der Waals surface area contributed by atoms with Crippen molar-refractivity contribution in [2.45, 2.75) is 13.8 Å². The van der Waals surface area contributed by atoms with Gasteiger partial charge in [0.25, 0.3) is 5.95 Å². The van der Waals surface area contributed by atoms with Crippen LogP contribution in [0.4, 0.5) is 10.5 Å². The van der Waals surface area contributed by atoms with Gasteiger partial charge in [0.2, 0.25) is 0 Å². The normalized spacial score (nSPS) is 11.1. The molecule has 1 amide bonds. The number of amides is 1. The molecule has 1 aromatic carbocycles. The predicted molar refractivity (Wildman–Crippen MR) is 91.7 cm³/mol. The SMILES string of the molecule is CNC(=O)Oc1ccc(N=C(C)c2c(O)c(C(C)=O)c(O)oc2=O)cc1. The molecule has 9 nitrogen and oxygen atoms in total. The van der Waals surface area contributed by atoms with Crippen molar-refractivity contribution in [2.24, 2.45) is 4.99 Å². The number of ether oxygens (including phenoxy) is 1. The predicted octanol–water partition coefficient (Wildman–Crippen LogP) is 2.11. The molecule has 136 valence electrons. The average molecular weight is 360 g/mol. The van der Waals surface area contributed by atoms with Crippen LogP contribution in [-0.4, -0.2) is 34.8 Å². The van der Waals surface area contributed by atoms with Gasteiger partial charge in [0.05, 0.1) is 11.4 Å². The Morgan fingerprint density at radius 2 is 1.73 bits per heavy atom. The van der Waals surface area contributed by atoms with Gasteiger partial charge in [0.15, 0.2) is 5.78 Å². The highest BCUT2D eigenvalue weighted by Gasteiger charge is 2.23. The summed E-state index contributed by atoms with van der Waals surface area (Å²) in [5, 5.41) is 22.0. The first kappa shape index (κ1) is 18.7. The second-order valence-corrected chi connectivity index (χ2v) is 5.18. The maximum absolute atomic E-state index is 11.9. The fraction of sp³-hybridized carbons (Fsp3) is 0.176. The van der Waals surface area contributed by atoms with Crippen molar-refractivity contribution in [2.75, 3.05) is 7.05 Å². The molecule has 9 heteroatoms. The minimum atomic E-state index is -1.04. The summed E-state index contributed by atoms with van der Waals surface area (Å²) in [5.41, 5.74) is -1.41. The highest BCUT2D eigenvalue weighted by molar-refractivity contribution is 6.07. The van der Waals surface area contributed by atoms with Gasteiger partial charge < -0.3 is 24.7 Å². The Morgan fingerprint density at radius 1 is 1.12 bits per heavy atom. The van der Waals surface area contributed by atoms with Gasteiger partial charge in [-0.3, -0.25) is 9.79 Å². The summed E-state index contributed by atoms with van der Waals surface area (Å²) < 4.78 is 9.52. The molecule has 2 rings (SSSR count). The Bertz CT molecular complexity index is 943. The van der Waals surface area contributed by atoms with Crippen LogP contribution in [0.25, 0.3) is 0 Å². The second-order valence-electron chi connectivity index (χ2n) is 5.18. The van der Waals surface area contributed by atoms with Crippen LogP contribution in [0.15, 0.2) is 38.5 Å². The summed E-state index contributed by atoms with van der Waals surface area (Å²) in [5.74, 6) is -2.04. The van der Waals surface area contributed by atoms with Gasteiger partial charge in [-0.25, -0.2) is 9.59 Å². The van der Waals surface area contributed by atoms with E-state index in [1.807, 2.05) is 0 Å². The average Bonchev–Trinajstić information content (AvgIpc) is 2.55. The smallest absolute Gasteiger partial charge is 0.412 e. The first-order chi connectivity index (χ1) is 12.2. The molecule has 1 aromatic heterocycles. The monoisotopic (exact) mass is 360 g/mol. The number of nitrogens with zero attached hydrogens (tertiary/aromatic N) is 1. The molecule has 0 aliphatic rings. The van der Waals surface area contributed by atoms with Crippen molar-refractivity contribution >= 4 is 23.3 Å². The van der Waals surface area contributed by atoms with Crippen LogP contribution in [0, 0.1) is 0 Å². The molecule has 0 spiro atoms. The quantitative estimate of drug-likeness (QED) is 0.560. The van der Waals surface area contributed by atoms with Crippen LogP contribution in [0.3, 0.4) is 0 Å². The van der Waals surface area contributed by atoms with Crippen molar-refractivity contribution in [1.82, 2.24) is 5.32 Å². The van der Waals surface area contributed by atoms with E-state index in [0.717, 1.165) is 6.92 Å². The zero-order valence-corrected chi connectivity index (χ0v) is 14.2. The van der Waals surface area contributed by atoms with Crippen LogP contribution in [0.5, 0.6) is 17.4 Å². The molecule has 0 saturated carbocycles. The molecule has 26 heavy (non-hydrogen) atoms. The third-order valence-corrected chi connectivity index (χ3v) is 3.34. The molecule has 0 fully saturated rings. The molecule has 1 heterocycles. The summed E-state index contributed by atoms with van der Waals surface area (Å²) in [7, 11) is 1.43. The topological polar surface area (TPSA) is 138 Å². The van der Waals surface area contributed by atoms with Gasteiger partial charge in [-0.1, -0.05) is 0 Å². The Balaban J connectivity index is 2.41. The number of hydrogen-bond donors (Lipinski definition) is 3. The van der Waals surface area contributed by atoms with E-state index in [1.165, 1.54) is 38.2 Å². The van der Waals surface area contributed by atoms with Crippen LogP contribution in [0.1, 0.15) is 29.8 Å². The van der Waals surface area contributed by atoms with E-state index in [1.54, 1.807) is 0 Å². The molecule has 0 unspecified atom stereocenters. The molecular formula is C17H16N2O7. The number of aromatic hydroxyl groups is 2. The van der Waals surface area contributed by atoms with E-state index in [9.17, 15) is 24.6 Å². The van der Waals surface area contributed by atoms with Gasteiger partial charge in [0, 0.05) is 7.05 Å². The molecule has 3 N–H and O–H groups in total. The fourth-order valence-electron chi connectivity index (χ4n) is 2.15. The van der Waals surface area contributed by atoms with Crippen LogP contribution < -0.4 is 15.7 Å². The van der Waals surface area contributed by atoms with E-state index in [4.69, 9.17) is 4.74 Å². The van der Waals surface area contributed by atoms with Gasteiger partial charge in [-0.2, -0.15) is 0 Å². The number of rotatable bonds is 4. The summed E-state index contributed by atoms with van der Waals surface area (Å²) in [4.78, 5) is 38.8. The standard InChI is InChI=1S/C17H16N2O7/c1-8(12-14(21)13(9(2)20)16(23)26-15(12)22)19-10-4-6-11(7-5-10)25-17(24)18-3/h4-7,21,23H,1-3H3,(H,18,24). The third-order valence-electron chi connectivity index (χ3n) is 3.34. The number of ketones is 1. The largest absolute Gasteiger partial charge is 0.506 e. The number of hydrogen-bond acceptors (Lipinski definition) is 8. The van der Waals surface area contributed by atoms with Crippen LogP contribution >= 0.6 is 0 Å². The summed E-state index contributed by atoms with van der Waals surface area (Å²) in [6.07, 6.45) is -0.624. The molecule has 0 radical (unpaired) electrons. The first-order valence-corrected chi connectivity index (χ1v) is 7.39. The van der Waals surface area contributed by atoms with E-state index >= 15 is 0 Å². The zero-order chi connectivity index (χ0) is 19.4. The molecule has 2 aromatic rings. The Kier molecular flexibility index (Phi) is 5.41. The molecule has 0 saturated heterocycles. The minimum Gasteiger partial charge on any atom is -0.506 e. The Labute approximate surface area is 147 Å². The van der Waals surface area contributed by atoms with E-state index in [2.05, 4.69) is 14.7 Å². The fourth-order valence-corrected chi connectivity index (χ4v) is 2.15. The molecule has 0 aliphatic carbocycles. The van der Waals surface area contributed by atoms with Crippen molar-refractivity contribution in [1.29, 1.82) is 0 Å². The maximum atomic E-state index is 11.9. The van der Waals surface area contributed by atoms with Gasteiger partial charge in [-0.15, -0.1) is 0 Å². The number of carbonyl (C=O) groups excluding carboxylic acids is 2. The summed E-state index contributed by atoms with van der Waals surface area (Å²) in [6.45, 7) is 2.54. The number of aliphatic imine (C=N–C) groups is 1. The number of carbonyl (C=O) groups is 2. The molecular weight excluding hydrogens is 344 g/mol. The van der Waals surface area contributed by atoms with E-state index in [0.29, 0.717) is 5.69 Å². The lowest BCUT2D eigenvalue weighted by Gasteiger charge is -2.08. The molecule has 0 atom stereocenters. The van der Waals surface area contributed by atoms with Crippen LogP contribution in [0.2, 0.25) is 0 Å². The molecule has 0 bridgehead atoms. The lowest BCUT2D eigenvalue weighted by Crippen LogP contribution is -2.21. The molecule has 0 aliphatic heterocycles. The third kappa shape index (κ3) is 3.89. The number of benzene rings is 1. The van der Waals surface area contributed by atoms with Crippen molar-refractivity contribution in [3.8, 4) is 17.4 Å². The lowest BCUT2D eigenvalue weighted by atomic mass is 10.1. The van der Waals surface area contributed by atoms with Crippen molar-refractivity contribution in [3.05, 3.63) is 45.8 Å². The summed E-state index contributed by atoms with van der Waals surface area (Å²) >= 11 is 0. The highest BCUT2D eigenvalue weighted by atomic mass is 16.6. The first-order valence-electron chi connectivity index (χ1n) is 7.39. The van der Waals surface area contributed by atoms with E-state index < -0.39 is 34.8 Å². The van der Waals surface area contributed by atoms with Crippen LogP contribution in [-0.2, 0) is 0 Å². The van der Waals surface area contributed by atoms with Crippen molar-refractivity contribution in [3.63, 3.8) is 0 Å². The van der Waals surface area contributed by atoms with Gasteiger partial charge in [-0.05, 0) is 38.1 Å². The number of Topliss-reactive ketones (excluding diaryl/α,β-unsaturated/α-hetero) is 1.